The van der Waals surface area contributed by atoms with Crippen molar-refractivity contribution in [3.63, 3.8) is 0 Å². The van der Waals surface area contributed by atoms with Crippen LogP contribution in [0.3, 0.4) is 0 Å². The summed E-state index contributed by atoms with van der Waals surface area (Å²) in [4.78, 5) is 0. The molecule has 1 saturated heterocycles. The maximum Gasteiger partial charge on any atom is 0.104 e. The molecule has 1 heterocycles. The largest absolute Gasteiger partial charge is 0.376 e. The van der Waals surface area contributed by atoms with Gasteiger partial charge in [-0.1, -0.05) is 19.3 Å². The minimum atomic E-state index is 0.378. The van der Waals surface area contributed by atoms with E-state index >= 15 is 0 Å². The Morgan fingerprint density at radius 2 is 1.93 bits per heavy atom. The van der Waals surface area contributed by atoms with Crippen molar-refractivity contribution in [2.24, 2.45) is 0 Å². The molecular weight excluding hydrogens is 178 g/mol. The van der Waals surface area contributed by atoms with Crippen LogP contribution in [0.15, 0.2) is 0 Å². The third kappa shape index (κ3) is 3.23. The highest BCUT2D eigenvalue weighted by molar-refractivity contribution is 4.72. The van der Waals surface area contributed by atoms with Crippen LogP contribution >= 0.6 is 0 Å². The summed E-state index contributed by atoms with van der Waals surface area (Å²) in [5.74, 6) is 0. The van der Waals surface area contributed by atoms with E-state index in [1.807, 2.05) is 0 Å². The normalized spacial score (nSPS) is 24.9. The standard InChI is InChI=1S/C11H21NO2/c1-2-4-10(5-3-1)12-6-7-14-11-8-13-9-11/h10-12H,1-9H2. The molecule has 0 spiro atoms. The Kier molecular flexibility index (Phi) is 4.22. The van der Waals surface area contributed by atoms with E-state index in [4.69, 9.17) is 9.47 Å². The molecule has 1 N–H and O–H groups in total. The lowest BCUT2D eigenvalue weighted by atomic mass is 9.96. The number of nitrogens with one attached hydrogen (secondary N) is 1. The lowest BCUT2D eigenvalue weighted by molar-refractivity contribution is -0.128. The van der Waals surface area contributed by atoms with Crippen molar-refractivity contribution in [2.75, 3.05) is 26.4 Å². The van der Waals surface area contributed by atoms with Gasteiger partial charge in [-0.2, -0.15) is 0 Å². The Balaban J connectivity index is 1.45. The molecular formula is C11H21NO2. The first kappa shape index (κ1) is 10.4. The first-order valence-corrected chi connectivity index (χ1v) is 5.88. The molecule has 82 valence electrons. The summed E-state index contributed by atoms with van der Waals surface area (Å²) in [7, 11) is 0. The highest BCUT2D eigenvalue weighted by Gasteiger charge is 2.18. The fourth-order valence-corrected chi connectivity index (χ4v) is 2.11. The lowest BCUT2D eigenvalue weighted by Gasteiger charge is -2.27. The van der Waals surface area contributed by atoms with E-state index in [9.17, 15) is 0 Å². The minimum Gasteiger partial charge on any atom is -0.376 e. The molecule has 2 fully saturated rings. The molecule has 2 rings (SSSR count). The smallest absolute Gasteiger partial charge is 0.104 e. The zero-order chi connectivity index (χ0) is 9.64. The van der Waals surface area contributed by atoms with E-state index in [1.165, 1.54) is 32.1 Å². The SMILES string of the molecule is C1CCC(NCCOC2COC2)CC1. The third-order valence-corrected chi connectivity index (χ3v) is 3.10. The molecule has 0 bridgehead atoms. The molecule has 2 aliphatic rings. The van der Waals surface area contributed by atoms with Crippen LogP contribution in [0.2, 0.25) is 0 Å². The fraction of sp³-hybridized carbons (Fsp3) is 1.00. The molecule has 0 aromatic heterocycles. The Hall–Kier alpha value is -0.120. The Morgan fingerprint density at radius 3 is 2.57 bits per heavy atom. The average Bonchev–Trinajstić information content (AvgIpc) is 2.16. The summed E-state index contributed by atoms with van der Waals surface area (Å²) in [5, 5.41) is 3.56. The predicted molar refractivity (Wildman–Crippen MR) is 55.4 cm³/mol. The average molecular weight is 199 g/mol. The van der Waals surface area contributed by atoms with Gasteiger partial charge in [-0.05, 0) is 12.8 Å². The molecule has 1 aliphatic heterocycles. The zero-order valence-electron chi connectivity index (χ0n) is 8.84. The minimum absolute atomic E-state index is 0.378. The molecule has 0 unspecified atom stereocenters. The van der Waals surface area contributed by atoms with Gasteiger partial charge in [-0.15, -0.1) is 0 Å². The summed E-state index contributed by atoms with van der Waals surface area (Å²) in [5.41, 5.74) is 0. The van der Waals surface area contributed by atoms with Crippen LogP contribution in [0.5, 0.6) is 0 Å². The van der Waals surface area contributed by atoms with Crippen LogP contribution in [0.25, 0.3) is 0 Å². The van der Waals surface area contributed by atoms with Crippen molar-refractivity contribution < 1.29 is 9.47 Å². The van der Waals surface area contributed by atoms with E-state index in [2.05, 4.69) is 5.32 Å². The number of hydrogen-bond donors (Lipinski definition) is 1. The van der Waals surface area contributed by atoms with E-state index < -0.39 is 0 Å². The topological polar surface area (TPSA) is 30.5 Å². The maximum absolute atomic E-state index is 5.58. The van der Waals surface area contributed by atoms with Gasteiger partial charge >= 0.3 is 0 Å². The first-order valence-electron chi connectivity index (χ1n) is 5.88. The fourth-order valence-electron chi connectivity index (χ4n) is 2.11. The van der Waals surface area contributed by atoms with Crippen LogP contribution in [-0.4, -0.2) is 38.5 Å². The summed E-state index contributed by atoms with van der Waals surface area (Å²) in [6, 6.07) is 0.755. The molecule has 1 saturated carbocycles. The predicted octanol–water partition coefficient (Wildman–Crippen LogP) is 1.32. The molecule has 3 nitrogen and oxygen atoms in total. The lowest BCUT2D eigenvalue weighted by Crippen LogP contribution is -2.39. The van der Waals surface area contributed by atoms with Crippen LogP contribution in [0.1, 0.15) is 32.1 Å². The van der Waals surface area contributed by atoms with Crippen molar-refractivity contribution in [3.8, 4) is 0 Å². The molecule has 0 aromatic carbocycles. The summed E-state index contributed by atoms with van der Waals surface area (Å²) in [6.07, 6.45) is 7.31. The third-order valence-electron chi connectivity index (χ3n) is 3.10. The van der Waals surface area contributed by atoms with Gasteiger partial charge in [0.2, 0.25) is 0 Å². The number of rotatable bonds is 5. The maximum atomic E-state index is 5.58. The molecule has 0 radical (unpaired) electrons. The second kappa shape index (κ2) is 5.69. The van der Waals surface area contributed by atoms with Gasteiger partial charge in [0, 0.05) is 12.6 Å². The van der Waals surface area contributed by atoms with E-state index in [0.29, 0.717) is 6.10 Å². The van der Waals surface area contributed by atoms with Gasteiger partial charge in [0.25, 0.3) is 0 Å². The van der Waals surface area contributed by atoms with Gasteiger partial charge in [0.05, 0.1) is 19.8 Å². The van der Waals surface area contributed by atoms with Gasteiger partial charge in [-0.25, -0.2) is 0 Å². The van der Waals surface area contributed by atoms with E-state index in [1.54, 1.807) is 0 Å². The van der Waals surface area contributed by atoms with Crippen molar-refractivity contribution in [2.45, 2.75) is 44.2 Å². The number of ether oxygens (including phenoxy) is 2. The summed E-state index contributed by atoms with van der Waals surface area (Å²) < 4.78 is 10.6. The van der Waals surface area contributed by atoms with Gasteiger partial charge < -0.3 is 14.8 Å². The molecule has 0 atom stereocenters. The van der Waals surface area contributed by atoms with Crippen molar-refractivity contribution in [3.05, 3.63) is 0 Å². The number of hydrogen-bond acceptors (Lipinski definition) is 3. The highest BCUT2D eigenvalue weighted by atomic mass is 16.6. The highest BCUT2D eigenvalue weighted by Crippen LogP contribution is 2.17. The Bertz CT molecular complexity index is 153. The van der Waals surface area contributed by atoms with E-state index in [-0.39, 0.29) is 0 Å². The Labute approximate surface area is 86.2 Å². The summed E-state index contributed by atoms with van der Waals surface area (Å²) in [6.45, 7) is 3.43. The van der Waals surface area contributed by atoms with Crippen molar-refractivity contribution in [1.29, 1.82) is 0 Å². The van der Waals surface area contributed by atoms with Crippen molar-refractivity contribution in [1.82, 2.24) is 5.32 Å². The Morgan fingerprint density at radius 1 is 1.14 bits per heavy atom. The molecule has 14 heavy (non-hydrogen) atoms. The van der Waals surface area contributed by atoms with Crippen LogP contribution in [0.4, 0.5) is 0 Å². The van der Waals surface area contributed by atoms with Gasteiger partial charge in [0.15, 0.2) is 0 Å². The second-order valence-corrected chi connectivity index (χ2v) is 4.32. The quantitative estimate of drug-likeness (QED) is 0.677. The van der Waals surface area contributed by atoms with E-state index in [0.717, 1.165) is 32.4 Å². The van der Waals surface area contributed by atoms with Crippen molar-refractivity contribution >= 4 is 0 Å². The monoisotopic (exact) mass is 199 g/mol. The molecule has 0 aromatic rings. The van der Waals surface area contributed by atoms with Crippen LogP contribution in [-0.2, 0) is 9.47 Å². The molecule has 0 amide bonds. The van der Waals surface area contributed by atoms with Gasteiger partial charge in [-0.3, -0.25) is 0 Å². The summed E-state index contributed by atoms with van der Waals surface area (Å²) >= 11 is 0. The second-order valence-electron chi connectivity index (χ2n) is 4.32. The zero-order valence-corrected chi connectivity index (χ0v) is 8.84. The van der Waals surface area contributed by atoms with Crippen LogP contribution in [0, 0.1) is 0 Å². The molecule has 3 heteroatoms. The molecule has 1 aliphatic carbocycles. The van der Waals surface area contributed by atoms with Crippen LogP contribution < -0.4 is 5.32 Å². The first-order chi connectivity index (χ1) is 6.95. The van der Waals surface area contributed by atoms with Gasteiger partial charge in [0.1, 0.15) is 6.10 Å².